The van der Waals surface area contributed by atoms with Crippen molar-refractivity contribution in [3.05, 3.63) is 57.3 Å². The summed E-state index contributed by atoms with van der Waals surface area (Å²) in [5.41, 5.74) is 3.95. The van der Waals surface area contributed by atoms with Gasteiger partial charge >= 0.3 is 0 Å². The van der Waals surface area contributed by atoms with Crippen molar-refractivity contribution in [3.8, 4) is 5.69 Å². The highest BCUT2D eigenvalue weighted by molar-refractivity contribution is 9.10. The summed E-state index contributed by atoms with van der Waals surface area (Å²) in [5, 5.41) is 0.736. The first-order chi connectivity index (χ1) is 9.60. The van der Waals surface area contributed by atoms with Gasteiger partial charge in [0.15, 0.2) is 0 Å². The van der Waals surface area contributed by atoms with E-state index in [1.54, 1.807) is 0 Å². The highest BCUT2D eigenvalue weighted by atomic mass is 79.9. The van der Waals surface area contributed by atoms with Gasteiger partial charge in [0.05, 0.1) is 16.9 Å². The Morgan fingerprint density at radius 3 is 2.70 bits per heavy atom. The molecule has 0 aliphatic carbocycles. The molecule has 0 atom stereocenters. The zero-order valence-electron chi connectivity index (χ0n) is 10.7. The lowest BCUT2D eigenvalue weighted by molar-refractivity contribution is 0.981. The van der Waals surface area contributed by atoms with Crippen LogP contribution >= 0.6 is 39.1 Å². The van der Waals surface area contributed by atoms with Gasteiger partial charge in [0.1, 0.15) is 5.82 Å². The second kappa shape index (κ2) is 5.40. The second-order valence-corrected chi connectivity index (χ2v) is 6.15. The maximum absolute atomic E-state index is 6.23. The predicted molar refractivity (Wildman–Crippen MR) is 88.1 cm³/mol. The number of imidazole rings is 1. The molecule has 2 aromatic carbocycles. The zero-order chi connectivity index (χ0) is 14.3. The molecule has 3 aromatic rings. The minimum atomic E-state index is 0.345. The molecule has 0 fully saturated rings. The van der Waals surface area contributed by atoms with Crippen LogP contribution in [0.1, 0.15) is 11.4 Å². The van der Waals surface area contributed by atoms with Gasteiger partial charge in [0.25, 0.3) is 0 Å². The Kier molecular flexibility index (Phi) is 3.76. The van der Waals surface area contributed by atoms with Crippen LogP contribution in [0.4, 0.5) is 0 Å². The van der Waals surface area contributed by atoms with Gasteiger partial charge in [-0.15, -0.1) is 11.6 Å². The molecule has 0 spiro atoms. The molecule has 0 saturated carbocycles. The van der Waals surface area contributed by atoms with Crippen LogP contribution in [-0.2, 0) is 5.88 Å². The summed E-state index contributed by atoms with van der Waals surface area (Å²) in [6, 6.07) is 11.9. The molecule has 20 heavy (non-hydrogen) atoms. The molecule has 1 aromatic heterocycles. The lowest BCUT2D eigenvalue weighted by Crippen LogP contribution is -1.99. The summed E-state index contributed by atoms with van der Waals surface area (Å²) in [6.45, 7) is 1.98. The van der Waals surface area contributed by atoms with Crippen LogP contribution in [0.25, 0.3) is 16.7 Å². The van der Waals surface area contributed by atoms with Crippen LogP contribution < -0.4 is 0 Å². The third kappa shape index (κ3) is 2.34. The fourth-order valence-electron chi connectivity index (χ4n) is 2.20. The molecule has 1 heterocycles. The van der Waals surface area contributed by atoms with E-state index in [1.807, 2.05) is 47.9 Å². The van der Waals surface area contributed by atoms with E-state index in [-0.39, 0.29) is 0 Å². The monoisotopic (exact) mass is 368 g/mol. The molecule has 102 valence electrons. The van der Waals surface area contributed by atoms with Crippen molar-refractivity contribution in [1.29, 1.82) is 0 Å². The number of benzene rings is 2. The van der Waals surface area contributed by atoms with Crippen LogP contribution in [0.2, 0.25) is 5.02 Å². The number of halogens is 3. The summed E-state index contributed by atoms with van der Waals surface area (Å²) in [4.78, 5) is 4.57. The van der Waals surface area contributed by atoms with Gasteiger partial charge in [-0.1, -0.05) is 33.6 Å². The summed E-state index contributed by atoms with van der Waals surface area (Å²) < 4.78 is 3.05. The molecule has 0 radical (unpaired) electrons. The molecular formula is C15H11BrCl2N2. The van der Waals surface area contributed by atoms with Gasteiger partial charge in [0, 0.05) is 15.2 Å². The SMILES string of the molecule is Cc1ccc(-n2c(CCl)nc3ccc(Br)cc32)cc1Cl. The number of nitrogens with zero attached hydrogens (tertiary/aromatic N) is 2. The molecule has 2 nitrogen and oxygen atoms in total. The minimum Gasteiger partial charge on any atom is -0.295 e. The Balaban J connectivity index is 2.32. The average molecular weight is 370 g/mol. The molecule has 0 saturated heterocycles. The van der Waals surface area contributed by atoms with E-state index < -0.39 is 0 Å². The minimum absolute atomic E-state index is 0.345. The van der Waals surface area contributed by atoms with Crippen molar-refractivity contribution < 1.29 is 0 Å². The van der Waals surface area contributed by atoms with E-state index in [0.717, 1.165) is 37.6 Å². The number of aromatic nitrogens is 2. The molecule has 0 aliphatic heterocycles. The number of hydrogen-bond donors (Lipinski definition) is 0. The molecule has 0 bridgehead atoms. The van der Waals surface area contributed by atoms with E-state index in [0.29, 0.717) is 5.88 Å². The van der Waals surface area contributed by atoms with Crippen LogP contribution in [0.5, 0.6) is 0 Å². The largest absolute Gasteiger partial charge is 0.295 e. The van der Waals surface area contributed by atoms with E-state index >= 15 is 0 Å². The Bertz CT molecular complexity index is 796. The maximum Gasteiger partial charge on any atom is 0.129 e. The molecular weight excluding hydrogens is 359 g/mol. The topological polar surface area (TPSA) is 17.8 Å². The van der Waals surface area contributed by atoms with E-state index in [2.05, 4.69) is 20.9 Å². The van der Waals surface area contributed by atoms with Crippen LogP contribution in [0.3, 0.4) is 0 Å². The molecule has 3 rings (SSSR count). The molecule has 0 aliphatic rings. The van der Waals surface area contributed by atoms with Crippen molar-refractivity contribution in [1.82, 2.24) is 9.55 Å². The van der Waals surface area contributed by atoms with Gasteiger partial charge in [-0.2, -0.15) is 0 Å². The quantitative estimate of drug-likeness (QED) is 0.546. The fraction of sp³-hybridized carbons (Fsp3) is 0.133. The molecule has 5 heteroatoms. The Morgan fingerprint density at radius 2 is 2.00 bits per heavy atom. The average Bonchev–Trinajstić information content (AvgIpc) is 2.79. The van der Waals surface area contributed by atoms with Crippen LogP contribution in [0.15, 0.2) is 40.9 Å². The molecule has 0 N–H and O–H groups in total. The predicted octanol–water partition coefficient (Wildman–Crippen LogP) is 5.49. The lowest BCUT2D eigenvalue weighted by Gasteiger charge is -2.09. The fourth-order valence-corrected chi connectivity index (χ4v) is 2.90. The van der Waals surface area contributed by atoms with Gasteiger partial charge in [-0.25, -0.2) is 4.98 Å². The Hall–Kier alpha value is -1.03. The second-order valence-electron chi connectivity index (χ2n) is 4.56. The molecule has 0 unspecified atom stereocenters. The van der Waals surface area contributed by atoms with E-state index in [1.165, 1.54) is 0 Å². The first kappa shape index (κ1) is 13.9. The first-order valence-electron chi connectivity index (χ1n) is 6.09. The van der Waals surface area contributed by atoms with Crippen molar-refractivity contribution >= 4 is 50.2 Å². The van der Waals surface area contributed by atoms with Crippen molar-refractivity contribution in [3.63, 3.8) is 0 Å². The van der Waals surface area contributed by atoms with E-state index in [9.17, 15) is 0 Å². The third-order valence-corrected chi connectivity index (χ3v) is 4.36. The van der Waals surface area contributed by atoms with Gasteiger partial charge in [-0.3, -0.25) is 4.57 Å². The number of hydrogen-bond acceptors (Lipinski definition) is 1. The summed E-state index contributed by atoms with van der Waals surface area (Å²) in [6.07, 6.45) is 0. The zero-order valence-corrected chi connectivity index (χ0v) is 13.8. The summed E-state index contributed by atoms with van der Waals surface area (Å²) in [7, 11) is 0. The Morgan fingerprint density at radius 1 is 1.20 bits per heavy atom. The van der Waals surface area contributed by atoms with Gasteiger partial charge < -0.3 is 0 Å². The molecule has 0 amide bonds. The Labute approximate surface area is 135 Å². The third-order valence-electron chi connectivity index (χ3n) is 3.22. The van der Waals surface area contributed by atoms with E-state index in [4.69, 9.17) is 23.2 Å². The van der Waals surface area contributed by atoms with Crippen molar-refractivity contribution in [2.24, 2.45) is 0 Å². The van der Waals surface area contributed by atoms with Gasteiger partial charge in [-0.05, 0) is 42.8 Å². The number of rotatable bonds is 2. The smallest absolute Gasteiger partial charge is 0.129 e. The highest BCUT2D eigenvalue weighted by Gasteiger charge is 2.12. The van der Waals surface area contributed by atoms with Crippen LogP contribution in [0, 0.1) is 6.92 Å². The van der Waals surface area contributed by atoms with Crippen molar-refractivity contribution in [2.75, 3.05) is 0 Å². The lowest BCUT2D eigenvalue weighted by atomic mass is 10.2. The summed E-state index contributed by atoms with van der Waals surface area (Å²) in [5.74, 6) is 1.15. The first-order valence-corrected chi connectivity index (χ1v) is 7.80. The standard InChI is InChI=1S/C15H11BrCl2N2/c1-9-2-4-11(7-12(9)18)20-14-6-10(16)3-5-13(14)19-15(20)8-17/h2-7H,8H2,1H3. The normalized spacial score (nSPS) is 11.2. The maximum atomic E-state index is 6.23. The number of aryl methyl sites for hydroxylation is 1. The highest BCUT2D eigenvalue weighted by Crippen LogP contribution is 2.27. The number of fused-ring (bicyclic) bond motifs is 1. The number of alkyl halides is 1. The summed E-state index contributed by atoms with van der Waals surface area (Å²) >= 11 is 15.8. The van der Waals surface area contributed by atoms with Crippen LogP contribution in [-0.4, -0.2) is 9.55 Å². The van der Waals surface area contributed by atoms with Gasteiger partial charge in [0.2, 0.25) is 0 Å². The van der Waals surface area contributed by atoms with Crippen molar-refractivity contribution in [2.45, 2.75) is 12.8 Å².